The van der Waals surface area contributed by atoms with Gasteiger partial charge in [-0.1, -0.05) is 29.8 Å². The summed E-state index contributed by atoms with van der Waals surface area (Å²) in [5, 5.41) is 13.6. The largest absolute Gasteiger partial charge is 0.853 e. The van der Waals surface area contributed by atoms with E-state index in [1.54, 1.807) is 24.3 Å². The van der Waals surface area contributed by atoms with Gasteiger partial charge in [0.15, 0.2) is 0 Å². The molecule has 0 unspecified atom stereocenters. The molecule has 4 rings (SSSR count). The number of benzene rings is 3. The second-order valence-corrected chi connectivity index (χ2v) is 8.09. The normalized spacial score (nSPS) is 12.6. The molecule has 0 atom stereocenters. The van der Waals surface area contributed by atoms with E-state index in [1.807, 2.05) is 30.1 Å². The fourth-order valence-corrected chi connectivity index (χ4v) is 4.27. The Balaban J connectivity index is 1.94. The minimum atomic E-state index is -2.09. The van der Waals surface area contributed by atoms with E-state index in [0.717, 1.165) is 5.39 Å². The fourth-order valence-electron chi connectivity index (χ4n) is 2.95. The van der Waals surface area contributed by atoms with Crippen molar-refractivity contribution in [3.05, 3.63) is 53.6 Å². The van der Waals surface area contributed by atoms with Gasteiger partial charge in [0.1, 0.15) is 22.9 Å². The van der Waals surface area contributed by atoms with Gasteiger partial charge in [-0.2, -0.15) is 0 Å². The number of ether oxygens (including phenoxy) is 1. The van der Waals surface area contributed by atoms with Gasteiger partial charge in [-0.25, -0.2) is 4.79 Å². The van der Waals surface area contributed by atoms with Crippen LogP contribution in [0.25, 0.3) is 10.8 Å². The van der Waals surface area contributed by atoms with Crippen LogP contribution in [0.2, 0.25) is 10.8 Å². The highest BCUT2D eigenvalue weighted by Gasteiger charge is 2.29. The number of hydrogen-bond acceptors (Lipinski definition) is 6. The van der Waals surface area contributed by atoms with E-state index in [1.165, 1.54) is 7.11 Å². The molecule has 0 bridgehead atoms. The number of carbonyl (C=O) groups is 1. The fraction of sp³-hybridized carbons (Fsp3) is 0.105. The predicted octanol–water partition coefficient (Wildman–Crippen LogP) is 5.98. The first-order valence-corrected chi connectivity index (χ1v) is 11.0. The van der Waals surface area contributed by atoms with Crippen molar-refractivity contribution in [3.63, 3.8) is 0 Å². The standard InChI is InChI=1S/C18H14ClN3O4.CH3.Al/c1-26-18(25)20-12-4-2-3-10-5-7-15(24)17(16(10)12)22-21-13-9-11(19)6-8-14(13)23;;/h2-9,23-24H,1H3,(H,20,25);1H3;/q;;+2/p-2. The zero-order valence-corrected chi connectivity index (χ0v) is 17.0. The van der Waals surface area contributed by atoms with Crippen molar-refractivity contribution < 1.29 is 17.1 Å². The van der Waals surface area contributed by atoms with Crippen LogP contribution in [0.1, 0.15) is 0 Å². The molecule has 0 fully saturated rings. The Labute approximate surface area is 170 Å². The summed E-state index contributed by atoms with van der Waals surface area (Å²) < 4.78 is 16.8. The molecule has 1 amide bonds. The summed E-state index contributed by atoms with van der Waals surface area (Å²) in [4.78, 5) is 11.8. The lowest BCUT2D eigenvalue weighted by Gasteiger charge is -2.16. The quantitative estimate of drug-likeness (QED) is 0.499. The van der Waals surface area contributed by atoms with Crippen molar-refractivity contribution in [2.75, 3.05) is 12.4 Å². The summed E-state index contributed by atoms with van der Waals surface area (Å²) in [6.07, 6.45) is -0.575. The zero-order chi connectivity index (χ0) is 19.7. The van der Waals surface area contributed by atoms with Crippen LogP contribution in [0.3, 0.4) is 0 Å². The van der Waals surface area contributed by atoms with E-state index < -0.39 is 20.9 Å². The third-order valence-corrected chi connectivity index (χ3v) is 5.57. The number of methoxy groups -OCH3 is 1. The molecule has 1 N–H and O–H groups in total. The molecule has 0 radical (unpaired) electrons. The molecular weight excluding hydrogens is 397 g/mol. The first-order valence-electron chi connectivity index (χ1n) is 8.50. The number of nitrogens with one attached hydrogen (secondary N) is 1. The molecule has 1 aliphatic heterocycles. The minimum Gasteiger partial charge on any atom is -0.610 e. The second kappa shape index (κ2) is 7.68. The Morgan fingerprint density at radius 3 is 2.71 bits per heavy atom. The summed E-state index contributed by atoms with van der Waals surface area (Å²) in [6, 6.07) is 14.4. The maximum atomic E-state index is 11.8. The second-order valence-electron chi connectivity index (χ2n) is 6.05. The summed E-state index contributed by atoms with van der Waals surface area (Å²) >= 11 is 4.01. The Kier molecular flexibility index (Phi) is 5.09. The highest BCUT2D eigenvalue weighted by atomic mass is 35.5. The van der Waals surface area contributed by atoms with Crippen LogP contribution >= 0.6 is 11.6 Å². The van der Waals surface area contributed by atoms with Gasteiger partial charge >= 0.3 is 20.9 Å². The van der Waals surface area contributed by atoms with Crippen molar-refractivity contribution in [2.45, 2.75) is 5.79 Å². The van der Waals surface area contributed by atoms with E-state index in [-0.39, 0.29) is 0 Å². The number of halogens is 1. The number of nitrogens with zero attached hydrogens (tertiary/aromatic N) is 2. The van der Waals surface area contributed by atoms with Gasteiger partial charge in [0.25, 0.3) is 0 Å². The van der Waals surface area contributed by atoms with Crippen LogP contribution < -0.4 is 12.9 Å². The van der Waals surface area contributed by atoms with E-state index in [4.69, 9.17) is 23.9 Å². The Morgan fingerprint density at radius 1 is 1.11 bits per heavy atom. The molecule has 0 aliphatic carbocycles. The summed E-state index contributed by atoms with van der Waals surface area (Å²) in [5.41, 5.74) is 1.56. The van der Waals surface area contributed by atoms with Gasteiger partial charge in [0.2, 0.25) is 0 Å². The highest BCUT2D eigenvalue weighted by Crippen LogP contribution is 2.43. The Hall–Kier alpha value is -2.79. The molecule has 1 aliphatic rings. The van der Waals surface area contributed by atoms with Crippen molar-refractivity contribution in [2.24, 2.45) is 10.2 Å². The first-order chi connectivity index (χ1) is 13.5. The number of hydrogen-bond donors (Lipinski definition) is 1. The summed E-state index contributed by atoms with van der Waals surface area (Å²) in [7, 11) is 1.31. The molecule has 28 heavy (non-hydrogen) atoms. The molecule has 0 spiro atoms. The topological polar surface area (TPSA) is 81.5 Å². The maximum Gasteiger partial charge on any atom is 0.853 e. The lowest BCUT2D eigenvalue weighted by molar-refractivity contribution is 0.187. The van der Waals surface area contributed by atoms with Crippen molar-refractivity contribution in [3.8, 4) is 11.5 Å². The number of rotatable bonds is 1. The van der Waals surface area contributed by atoms with Gasteiger partial charge in [0.05, 0.1) is 12.8 Å². The van der Waals surface area contributed by atoms with E-state index >= 15 is 0 Å². The Morgan fingerprint density at radius 2 is 1.89 bits per heavy atom. The van der Waals surface area contributed by atoms with Crippen LogP contribution in [0, 0.1) is 0 Å². The number of carbonyl (C=O) groups excluding carboxylic acids is 1. The minimum absolute atomic E-state index is 0.500. The SMILES string of the molecule is COC(=O)Nc1cccc2ccc3c(c12)N=Nc1cc(Cl)ccc1[O][Al]([CH3])[O]3. The van der Waals surface area contributed by atoms with E-state index in [2.05, 4.69) is 15.5 Å². The smallest absolute Gasteiger partial charge is 0.610 e. The predicted molar refractivity (Wildman–Crippen MR) is 108 cm³/mol. The van der Waals surface area contributed by atoms with Gasteiger partial charge in [-0.05, 0) is 41.5 Å². The number of azo groups is 1. The molecule has 7 nitrogen and oxygen atoms in total. The van der Waals surface area contributed by atoms with Crippen LogP contribution in [-0.4, -0.2) is 28.0 Å². The average Bonchev–Trinajstić information content (AvgIpc) is 2.75. The number of fused-ring (bicyclic) bond motifs is 4. The van der Waals surface area contributed by atoms with Gasteiger partial charge in [-0.15, -0.1) is 10.2 Å². The number of amides is 1. The average molecular weight is 412 g/mol. The molecule has 0 saturated heterocycles. The highest BCUT2D eigenvalue weighted by molar-refractivity contribution is 6.44. The van der Waals surface area contributed by atoms with Crippen molar-refractivity contribution in [1.29, 1.82) is 0 Å². The Bertz CT molecular complexity index is 1110. The van der Waals surface area contributed by atoms with E-state index in [0.29, 0.717) is 39.0 Å². The molecule has 0 saturated carbocycles. The molecule has 1 heterocycles. The van der Waals surface area contributed by atoms with Crippen LogP contribution in [-0.2, 0) is 4.74 Å². The third-order valence-electron chi connectivity index (χ3n) is 4.17. The lowest BCUT2D eigenvalue weighted by Crippen LogP contribution is -2.25. The monoisotopic (exact) mass is 411 g/mol. The molecule has 3 aromatic carbocycles. The van der Waals surface area contributed by atoms with Crippen molar-refractivity contribution >= 4 is 60.3 Å². The molecular formula is C19H15AlClN3O4. The van der Waals surface area contributed by atoms with Crippen LogP contribution in [0.15, 0.2) is 58.8 Å². The van der Waals surface area contributed by atoms with Gasteiger partial charge < -0.3 is 12.3 Å². The molecule has 0 aromatic heterocycles. The van der Waals surface area contributed by atoms with E-state index in [9.17, 15) is 4.79 Å². The summed E-state index contributed by atoms with van der Waals surface area (Å²) in [5.74, 6) is 3.02. The zero-order valence-electron chi connectivity index (χ0n) is 15.1. The summed E-state index contributed by atoms with van der Waals surface area (Å²) in [6.45, 7) is 0. The number of anilines is 1. The lowest BCUT2D eigenvalue weighted by atomic mass is 10.1. The molecule has 9 heteroatoms. The maximum absolute atomic E-state index is 11.8. The third kappa shape index (κ3) is 3.62. The van der Waals surface area contributed by atoms with Crippen LogP contribution in [0.5, 0.6) is 11.5 Å². The van der Waals surface area contributed by atoms with Crippen LogP contribution in [0.4, 0.5) is 21.9 Å². The molecule has 140 valence electrons. The first kappa shape index (κ1) is 18.6. The van der Waals surface area contributed by atoms with Gasteiger partial charge in [-0.3, -0.25) is 5.32 Å². The van der Waals surface area contributed by atoms with Crippen molar-refractivity contribution in [1.82, 2.24) is 0 Å². The molecule has 3 aromatic rings. The van der Waals surface area contributed by atoms with Gasteiger partial charge in [0, 0.05) is 10.4 Å².